The van der Waals surface area contributed by atoms with E-state index in [9.17, 15) is 0 Å². The van der Waals surface area contributed by atoms with Crippen molar-refractivity contribution in [2.45, 2.75) is 77.9 Å². The van der Waals surface area contributed by atoms with Crippen molar-refractivity contribution in [3.05, 3.63) is 70.5 Å². The Labute approximate surface area is 264 Å². The molecule has 0 bridgehead atoms. The van der Waals surface area contributed by atoms with Crippen molar-refractivity contribution >= 4 is 35.7 Å². The molecule has 11 heteroatoms. The van der Waals surface area contributed by atoms with Gasteiger partial charge in [0.15, 0.2) is 19.8 Å². The number of hydrogen-bond donors (Lipinski definition) is 0. The second kappa shape index (κ2) is 14.1. The highest BCUT2D eigenvalue weighted by Crippen LogP contribution is 2.37. The predicted octanol–water partition coefficient (Wildman–Crippen LogP) is 7.68. The van der Waals surface area contributed by atoms with Crippen molar-refractivity contribution in [1.29, 1.82) is 0 Å². The fourth-order valence-corrected chi connectivity index (χ4v) is 5.74. The van der Waals surface area contributed by atoms with Gasteiger partial charge in [0.2, 0.25) is 0 Å². The number of imidazole rings is 1. The Morgan fingerprint density at radius 2 is 1.49 bits per heavy atom. The van der Waals surface area contributed by atoms with Crippen LogP contribution in [0.25, 0.3) is 5.65 Å². The second-order valence-corrected chi connectivity index (χ2v) is 17.8. The van der Waals surface area contributed by atoms with E-state index in [1.165, 1.54) is 0 Å². The van der Waals surface area contributed by atoms with Crippen molar-refractivity contribution in [1.82, 2.24) is 19.6 Å². The fourth-order valence-electron chi connectivity index (χ4n) is 4.36. The van der Waals surface area contributed by atoms with Gasteiger partial charge in [0.1, 0.15) is 22.2 Å². The molecule has 0 saturated carbocycles. The molecule has 0 aliphatic rings. The van der Waals surface area contributed by atoms with E-state index < -0.39 is 8.32 Å². The van der Waals surface area contributed by atoms with Crippen molar-refractivity contribution in [2.24, 2.45) is 0 Å². The Morgan fingerprint density at radius 1 is 0.930 bits per heavy atom. The molecule has 2 heterocycles. The molecule has 9 nitrogen and oxygen atoms in total. The molecule has 0 fully saturated rings. The van der Waals surface area contributed by atoms with Gasteiger partial charge >= 0.3 is 6.01 Å². The topological polar surface area (TPSA) is 83.2 Å². The van der Waals surface area contributed by atoms with Crippen LogP contribution in [-0.2, 0) is 17.5 Å². The number of aromatic nitrogens is 4. The van der Waals surface area contributed by atoms with Crippen molar-refractivity contribution in [2.75, 3.05) is 25.7 Å². The molecule has 0 amide bonds. The van der Waals surface area contributed by atoms with Gasteiger partial charge in [-0.05, 0) is 75.9 Å². The number of benzene rings is 2. The van der Waals surface area contributed by atoms with Crippen LogP contribution in [0.5, 0.6) is 17.5 Å². The van der Waals surface area contributed by atoms with Crippen molar-refractivity contribution in [3.8, 4) is 17.5 Å². The van der Waals surface area contributed by atoms with Gasteiger partial charge in [0.25, 0.3) is 0 Å². The van der Waals surface area contributed by atoms with E-state index in [0.29, 0.717) is 31.2 Å². The summed E-state index contributed by atoms with van der Waals surface area (Å²) in [6.07, 6.45) is 3.35. The van der Waals surface area contributed by atoms with Crippen LogP contribution in [0.15, 0.2) is 59.3 Å². The van der Waals surface area contributed by atoms with Gasteiger partial charge in [-0.1, -0.05) is 58.4 Å². The monoisotopic (exact) mass is 669 g/mol. The van der Waals surface area contributed by atoms with Gasteiger partial charge in [-0.15, -0.1) is 5.10 Å². The fraction of sp³-hybridized carbons (Fsp3) is 0.469. The van der Waals surface area contributed by atoms with Gasteiger partial charge in [-0.25, -0.2) is 4.98 Å². The lowest BCUT2D eigenvalue weighted by Crippen LogP contribution is -2.43. The lowest BCUT2D eigenvalue weighted by atomic mass is 10.1. The van der Waals surface area contributed by atoms with Crippen LogP contribution in [0.3, 0.4) is 0 Å². The Hall–Kier alpha value is -3.15. The third kappa shape index (κ3) is 8.27. The average molecular weight is 671 g/mol. The lowest BCUT2D eigenvalue weighted by molar-refractivity contribution is 0.102. The van der Waals surface area contributed by atoms with Crippen LogP contribution in [0.2, 0.25) is 18.1 Å². The number of nitrogens with zero attached hydrogens (tertiary/aromatic N) is 5. The minimum atomic E-state index is -1.95. The van der Waals surface area contributed by atoms with E-state index >= 15 is 0 Å². The zero-order chi connectivity index (χ0) is 31.2. The van der Waals surface area contributed by atoms with E-state index in [4.69, 9.17) is 28.7 Å². The molecule has 2 aromatic carbocycles. The third-order valence-corrected chi connectivity index (χ3v) is 13.0. The van der Waals surface area contributed by atoms with Crippen LogP contribution in [-0.4, -0.2) is 54.8 Å². The normalized spacial score (nSPS) is 12.8. The minimum Gasteiger partial charge on any atom is -0.497 e. The zero-order valence-corrected chi connectivity index (χ0v) is 29.1. The van der Waals surface area contributed by atoms with E-state index in [-0.39, 0.29) is 17.2 Å². The van der Waals surface area contributed by atoms with E-state index in [2.05, 4.69) is 90.9 Å². The number of rotatable bonds is 14. The molecule has 0 spiro atoms. The number of anilines is 1. The van der Waals surface area contributed by atoms with Crippen LogP contribution >= 0.6 is 15.9 Å². The number of hydrogen-bond acceptors (Lipinski definition) is 8. The third-order valence-electron chi connectivity index (χ3n) is 7.97. The summed E-state index contributed by atoms with van der Waals surface area (Å²) in [6, 6.07) is 16.4. The second-order valence-electron chi connectivity index (χ2n) is 12.2. The summed E-state index contributed by atoms with van der Waals surface area (Å²) in [7, 11) is 1.39. The molecule has 43 heavy (non-hydrogen) atoms. The van der Waals surface area contributed by atoms with Gasteiger partial charge in [0.05, 0.1) is 27.0 Å². The van der Waals surface area contributed by atoms with Gasteiger partial charge in [0, 0.05) is 13.1 Å². The maximum Gasteiger partial charge on any atom is 0.336 e. The molecule has 0 aliphatic heterocycles. The number of methoxy groups -OCH3 is 2. The smallest absolute Gasteiger partial charge is 0.336 e. The number of halogens is 1. The first-order chi connectivity index (χ1) is 20.4. The molecule has 1 unspecified atom stereocenters. The average Bonchev–Trinajstić information content (AvgIpc) is 3.35. The number of fused-ring (bicyclic) bond motifs is 1. The molecule has 232 valence electrons. The summed E-state index contributed by atoms with van der Waals surface area (Å²) in [4.78, 5) is 11.8. The van der Waals surface area contributed by atoms with Gasteiger partial charge in [-0.2, -0.15) is 9.50 Å². The van der Waals surface area contributed by atoms with Crippen LogP contribution in [0.1, 0.15) is 51.7 Å². The van der Waals surface area contributed by atoms with Crippen LogP contribution in [0, 0.1) is 0 Å². The summed E-state index contributed by atoms with van der Waals surface area (Å²) in [5.74, 6) is 2.29. The molecule has 0 radical (unpaired) electrons. The lowest BCUT2D eigenvalue weighted by Gasteiger charge is -2.37. The summed E-state index contributed by atoms with van der Waals surface area (Å²) in [5, 5.41) is 4.83. The SMILES string of the molecule is CCCC(CO[Si](C)(C)C(C)(C)C)Oc1nc(N(Cc2ccc(OC)cc2)Cc2ccc(OC)cc2)c2ncc(Br)n2n1. The van der Waals surface area contributed by atoms with E-state index in [1.54, 1.807) is 24.9 Å². The summed E-state index contributed by atoms with van der Waals surface area (Å²) in [5.41, 5.74) is 2.84. The maximum atomic E-state index is 6.55. The van der Waals surface area contributed by atoms with E-state index in [0.717, 1.165) is 40.1 Å². The predicted molar refractivity (Wildman–Crippen MR) is 177 cm³/mol. The van der Waals surface area contributed by atoms with Crippen molar-refractivity contribution < 1.29 is 18.6 Å². The highest BCUT2D eigenvalue weighted by molar-refractivity contribution is 9.10. The van der Waals surface area contributed by atoms with Crippen LogP contribution < -0.4 is 19.1 Å². The molecule has 4 rings (SSSR count). The van der Waals surface area contributed by atoms with E-state index in [1.807, 2.05) is 24.3 Å². The van der Waals surface area contributed by atoms with Gasteiger partial charge < -0.3 is 23.5 Å². The van der Waals surface area contributed by atoms with Gasteiger partial charge in [-0.3, -0.25) is 0 Å². The first kappa shape index (κ1) is 32.8. The molecule has 4 aromatic rings. The Morgan fingerprint density at radius 3 is 1.98 bits per heavy atom. The first-order valence-electron chi connectivity index (χ1n) is 14.7. The number of ether oxygens (including phenoxy) is 3. The molecule has 2 aromatic heterocycles. The molecular weight excluding hydrogens is 626 g/mol. The van der Waals surface area contributed by atoms with Crippen LogP contribution in [0.4, 0.5) is 5.82 Å². The highest BCUT2D eigenvalue weighted by Gasteiger charge is 2.38. The summed E-state index contributed by atoms with van der Waals surface area (Å²) < 4.78 is 26.3. The Bertz CT molecular complexity index is 1420. The molecule has 0 saturated heterocycles. The first-order valence-corrected chi connectivity index (χ1v) is 18.4. The molecular formula is C32H44BrN5O4Si. The Kier molecular flexibility index (Phi) is 10.7. The van der Waals surface area contributed by atoms with Crippen molar-refractivity contribution in [3.63, 3.8) is 0 Å². The maximum absolute atomic E-state index is 6.55. The molecule has 1 atom stereocenters. The minimum absolute atomic E-state index is 0.109. The molecule has 0 aliphatic carbocycles. The summed E-state index contributed by atoms with van der Waals surface area (Å²) in [6.45, 7) is 15.1. The molecule has 0 N–H and O–H groups in total. The summed E-state index contributed by atoms with van der Waals surface area (Å²) >= 11 is 3.61. The quantitative estimate of drug-likeness (QED) is 0.126. The highest BCUT2D eigenvalue weighted by atomic mass is 79.9. The largest absolute Gasteiger partial charge is 0.497 e. The zero-order valence-electron chi connectivity index (χ0n) is 26.6. The standard InChI is InChI=1S/C32H44BrN5O4Si/c1-9-10-27(22-41-43(7,8)32(2,3)4)42-31-35-30(29-34-19-28(33)38(29)36-31)37(20-23-11-15-25(39-5)16-12-23)21-24-13-17-26(40-6)18-14-24/h11-19,27H,9-10,20-22H2,1-8H3. The Balaban J connectivity index is 1.71.